The second-order valence-corrected chi connectivity index (χ2v) is 29.4. The lowest BCUT2D eigenvalue weighted by Crippen LogP contribution is -2.50. The minimum atomic E-state index is -0.106. The molecule has 4 aromatic rings. The summed E-state index contributed by atoms with van der Waals surface area (Å²) in [6.07, 6.45) is 51.5. The number of nitrogens with zero attached hydrogens (tertiary/aromatic N) is 4. The number of hydrogen-bond acceptors (Lipinski definition) is 4. The number of carbonyl (C=O) groups is 1. The summed E-state index contributed by atoms with van der Waals surface area (Å²) in [5, 5.41) is 21.6. The van der Waals surface area contributed by atoms with Crippen LogP contribution in [0.4, 0.5) is 0 Å². The molecule has 7 nitrogen and oxygen atoms in total. The molecule has 3 heterocycles. The number of allylic oxidation sites excluding steroid dienone is 10. The average molecular weight is 1060 g/mol. The molecule has 1 aromatic carbocycles. The molecule has 418 valence electrons. The van der Waals surface area contributed by atoms with Crippen LogP contribution in [0.3, 0.4) is 0 Å². The molecule has 6 saturated carbocycles. The number of carbonyl (C=O) groups excluding carboxylic acids is 1. The summed E-state index contributed by atoms with van der Waals surface area (Å²) in [4.78, 5) is 16.3. The van der Waals surface area contributed by atoms with E-state index in [1.54, 1.807) is 16.8 Å². The fourth-order valence-electron chi connectivity index (χ4n) is 21.8. The Morgan fingerprint density at radius 3 is 1.58 bits per heavy atom. The van der Waals surface area contributed by atoms with Crippen LogP contribution in [0, 0.1) is 85.8 Å². The van der Waals surface area contributed by atoms with Crippen LogP contribution in [0.15, 0.2) is 133 Å². The number of imidazole rings is 1. The van der Waals surface area contributed by atoms with Crippen molar-refractivity contribution < 1.29 is 15.0 Å². The van der Waals surface area contributed by atoms with Crippen LogP contribution in [0.25, 0.3) is 28.0 Å². The number of rotatable bonds is 3. The van der Waals surface area contributed by atoms with E-state index in [9.17, 15) is 15.0 Å². The molecule has 0 radical (unpaired) electrons. The molecule has 12 aliphatic rings. The van der Waals surface area contributed by atoms with Gasteiger partial charge >= 0.3 is 0 Å². The zero-order chi connectivity index (χ0) is 54.3. The van der Waals surface area contributed by atoms with Gasteiger partial charge in [0.25, 0.3) is 0 Å². The summed E-state index contributed by atoms with van der Waals surface area (Å²) in [7, 11) is 0. The van der Waals surface area contributed by atoms with Crippen molar-refractivity contribution in [2.24, 2.45) is 85.8 Å². The minimum Gasteiger partial charge on any atom is -0.393 e. The molecule has 17 atom stereocenters. The molecular formula is C72H92N4O3. The first-order valence-electron chi connectivity index (χ1n) is 31.8. The van der Waals surface area contributed by atoms with Crippen LogP contribution >= 0.6 is 0 Å². The quantitative estimate of drug-likeness (QED) is 0.200. The highest BCUT2D eigenvalue weighted by atomic mass is 16.3. The molecule has 0 spiro atoms. The van der Waals surface area contributed by atoms with Gasteiger partial charge in [-0.25, -0.2) is 4.98 Å². The molecule has 79 heavy (non-hydrogen) atoms. The van der Waals surface area contributed by atoms with Crippen LogP contribution in [-0.2, 0) is 4.79 Å². The van der Waals surface area contributed by atoms with Gasteiger partial charge in [0.05, 0.1) is 24.1 Å². The molecule has 6 fully saturated rings. The first-order chi connectivity index (χ1) is 38.0. The van der Waals surface area contributed by atoms with E-state index in [0.717, 1.165) is 98.2 Å². The third kappa shape index (κ3) is 8.03. The maximum atomic E-state index is 12.0. The topological polar surface area (TPSA) is 85.2 Å². The maximum absolute atomic E-state index is 12.0. The Bertz CT molecular complexity index is 3070. The Labute approximate surface area is 472 Å². The molecule has 0 amide bonds. The van der Waals surface area contributed by atoms with Crippen molar-refractivity contribution in [2.75, 3.05) is 0 Å². The normalized spacial score (nSPS) is 43.3. The molecule has 3 aromatic heterocycles. The first kappa shape index (κ1) is 52.4. The lowest BCUT2D eigenvalue weighted by Gasteiger charge is -2.57. The van der Waals surface area contributed by atoms with E-state index in [1.807, 2.05) is 18.6 Å². The van der Waals surface area contributed by atoms with Crippen molar-refractivity contribution >= 4 is 33.8 Å². The van der Waals surface area contributed by atoms with Crippen LogP contribution in [0.2, 0.25) is 0 Å². The van der Waals surface area contributed by atoms with Crippen LogP contribution in [-0.4, -0.2) is 46.9 Å². The van der Waals surface area contributed by atoms with Crippen molar-refractivity contribution in [1.29, 1.82) is 0 Å². The molecule has 9 unspecified atom stereocenters. The molecule has 0 saturated heterocycles. The van der Waals surface area contributed by atoms with Gasteiger partial charge < -0.3 is 23.9 Å². The second-order valence-electron chi connectivity index (χ2n) is 29.4. The summed E-state index contributed by atoms with van der Waals surface area (Å²) in [5.41, 5.74) is 12.3. The second kappa shape index (κ2) is 19.2. The molecule has 7 heteroatoms. The van der Waals surface area contributed by atoms with E-state index in [0.29, 0.717) is 22.0 Å². The summed E-state index contributed by atoms with van der Waals surface area (Å²) in [6, 6.07) is 15.3. The molecule has 0 aliphatic heterocycles. The number of aromatic nitrogens is 4. The number of aliphatic hydroxyl groups is 2. The van der Waals surface area contributed by atoms with Crippen molar-refractivity contribution in [3.63, 3.8) is 0 Å². The number of ketones is 1. The Morgan fingerprint density at radius 2 is 0.987 bits per heavy atom. The van der Waals surface area contributed by atoms with E-state index >= 15 is 0 Å². The minimum absolute atomic E-state index is 0.0989. The number of aliphatic hydroxyl groups excluding tert-OH is 2. The zero-order valence-corrected chi connectivity index (χ0v) is 48.8. The Morgan fingerprint density at radius 1 is 0.468 bits per heavy atom. The van der Waals surface area contributed by atoms with E-state index in [-0.39, 0.29) is 28.5 Å². The lowest BCUT2D eigenvalue weighted by molar-refractivity contribution is -0.117. The van der Waals surface area contributed by atoms with Gasteiger partial charge in [-0.1, -0.05) is 107 Å². The zero-order valence-electron chi connectivity index (χ0n) is 48.8. The average Bonchev–Trinajstić information content (AvgIpc) is 4.30. The number of para-hydroxylation sites is 1. The van der Waals surface area contributed by atoms with Gasteiger partial charge in [0, 0.05) is 70.7 Å². The predicted octanol–water partition coefficient (Wildman–Crippen LogP) is 16.5. The SMILES string of the molecule is C[C@]12CCC(=O)C=C1CCC1C2CC[C@]2(C)C(n3ccc4ccccc43)=CCC12.C[C@]12CC[C@H](O)CC1=CCC1C2CC[C@]2(C)C(n3cccc3)=CCC12.C[C@]12CC[C@H](O)CC1=CCC1C2CC[C@]2(C)C(n3ccnc3)=CCC12. The smallest absolute Gasteiger partial charge is 0.155 e. The third-order valence-corrected chi connectivity index (χ3v) is 26.3. The van der Waals surface area contributed by atoms with Crippen molar-refractivity contribution in [3.8, 4) is 0 Å². The van der Waals surface area contributed by atoms with Crippen molar-refractivity contribution in [2.45, 2.75) is 189 Å². The molecule has 2 N–H and O–H groups in total. The first-order valence-corrected chi connectivity index (χ1v) is 31.8. The Hall–Kier alpha value is -4.72. The van der Waals surface area contributed by atoms with Gasteiger partial charge in [0.1, 0.15) is 0 Å². The van der Waals surface area contributed by atoms with Crippen molar-refractivity contribution in [1.82, 2.24) is 18.7 Å². The van der Waals surface area contributed by atoms with Gasteiger partial charge in [0.15, 0.2) is 5.78 Å². The predicted molar refractivity (Wildman–Crippen MR) is 320 cm³/mol. The van der Waals surface area contributed by atoms with Gasteiger partial charge in [-0.15, -0.1) is 0 Å². The summed E-state index contributed by atoms with van der Waals surface area (Å²) < 4.78 is 7.09. The third-order valence-electron chi connectivity index (χ3n) is 26.3. The van der Waals surface area contributed by atoms with Crippen LogP contribution in [0.5, 0.6) is 0 Å². The maximum Gasteiger partial charge on any atom is 0.155 e. The molecular weight excluding hydrogens is 969 g/mol. The number of fused-ring (bicyclic) bond motifs is 16. The number of benzene rings is 1. The highest BCUT2D eigenvalue weighted by molar-refractivity contribution is 5.91. The fourth-order valence-corrected chi connectivity index (χ4v) is 21.8. The Kier molecular flexibility index (Phi) is 12.7. The van der Waals surface area contributed by atoms with E-state index < -0.39 is 0 Å². The van der Waals surface area contributed by atoms with Crippen molar-refractivity contribution in [3.05, 3.63) is 133 Å². The monoisotopic (exact) mass is 1060 g/mol. The van der Waals surface area contributed by atoms with Crippen LogP contribution in [0.1, 0.15) is 176 Å². The molecule has 0 bridgehead atoms. The summed E-state index contributed by atoms with van der Waals surface area (Å²) in [5.74, 6) is 7.41. The molecule has 16 rings (SSSR count). The standard InChI is InChI=1S/C27H31NO.C23H31NO.C22H30N2O/c1-26-14-11-20(29)17-19(26)7-8-21-22-9-10-25(27(22,2)15-12-23(21)26)28-16-13-18-5-3-4-6-24(18)28;1-22-11-9-17(25)15-16(22)5-6-18-19-7-8-21(24-13-3-4-14-24)23(19,2)12-10-20(18)22;1-21-9-7-16(25)13-15(21)3-4-17-18-5-6-20(24-12-11-23-14-24)22(18,2)10-8-19(17)21/h3-6,10,13,16-17,21-23H,7-9,11-12,14-15H2,1-2H3;3-5,8,13-14,17-20,25H,6-7,9-12,15H2,1-2H3;3,6,11-12,14,16-19,25H,4-5,7-10,13H2,1-2H3/t21?,22?,23?,26-,27-;17-,18?,19?,20?,22-,23-;16-,17?,18?,19?,21-,22-/m000/s1. The van der Waals surface area contributed by atoms with Crippen LogP contribution < -0.4 is 0 Å². The van der Waals surface area contributed by atoms with E-state index in [2.05, 4.69) is 158 Å². The van der Waals surface area contributed by atoms with Gasteiger partial charge in [-0.3, -0.25) is 4.79 Å². The van der Waals surface area contributed by atoms with Gasteiger partial charge in [-0.05, 0) is 234 Å². The fraction of sp³-hybridized carbons (Fsp3) is 0.611. The summed E-state index contributed by atoms with van der Waals surface area (Å²) in [6.45, 7) is 15.1. The van der Waals surface area contributed by atoms with E-state index in [1.165, 1.54) is 118 Å². The highest BCUT2D eigenvalue weighted by Gasteiger charge is 2.60. The van der Waals surface area contributed by atoms with Gasteiger partial charge in [0.2, 0.25) is 0 Å². The number of hydrogen-bond donors (Lipinski definition) is 2. The Balaban J connectivity index is 0.000000108. The van der Waals surface area contributed by atoms with E-state index in [4.69, 9.17) is 0 Å². The van der Waals surface area contributed by atoms with Gasteiger partial charge in [-0.2, -0.15) is 0 Å². The molecule has 12 aliphatic carbocycles. The lowest BCUT2D eigenvalue weighted by atomic mass is 9.47. The largest absolute Gasteiger partial charge is 0.393 e. The highest BCUT2D eigenvalue weighted by Crippen LogP contribution is 2.69. The summed E-state index contributed by atoms with van der Waals surface area (Å²) >= 11 is 0.